The number of anilines is 1. The Morgan fingerprint density at radius 1 is 1.22 bits per heavy atom. The first-order valence-corrected chi connectivity index (χ1v) is 9.68. The van der Waals surface area contributed by atoms with E-state index >= 15 is 0 Å². The average molecular weight is 390 g/mol. The monoisotopic (exact) mass is 390 g/mol. The van der Waals surface area contributed by atoms with Crippen molar-refractivity contribution in [2.75, 3.05) is 16.8 Å². The highest BCUT2D eigenvalue weighted by Crippen LogP contribution is 2.12. The lowest BCUT2D eigenvalue weighted by atomic mass is 10.0. The van der Waals surface area contributed by atoms with Gasteiger partial charge in [-0.05, 0) is 25.8 Å². The first-order valence-electron chi connectivity index (χ1n) is 8.52. The quantitative estimate of drug-likeness (QED) is 0.519. The average Bonchev–Trinajstić information content (AvgIpc) is 3.05. The second-order valence-corrected chi connectivity index (χ2v) is 6.90. The summed E-state index contributed by atoms with van der Waals surface area (Å²) in [5.41, 5.74) is 1.63. The van der Waals surface area contributed by atoms with Crippen LogP contribution in [0.4, 0.5) is 5.82 Å². The molecule has 0 bridgehead atoms. The highest BCUT2D eigenvalue weighted by atomic mass is 32.2. The number of carbonyl (C=O) groups excluding carboxylic acids is 3. The number of nitrogens with zero attached hydrogens (tertiary/aromatic N) is 1. The van der Waals surface area contributed by atoms with Crippen LogP contribution in [0.2, 0.25) is 0 Å². The number of ketones is 1. The highest BCUT2D eigenvalue weighted by Gasteiger charge is 2.19. The van der Waals surface area contributed by atoms with Gasteiger partial charge in [0.15, 0.2) is 11.9 Å². The van der Waals surface area contributed by atoms with Gasteiger partial charge in [-0.1, -0.05) is 36.3 Å². The molecular formula is C19H22N2O5S. The lowest BCUT2D eigenvalue weighted by Crippen LogP contribution is -2.25. The molecule has 0 saturated carbocycles. The molecule has 27 heavy (non-hydrogen) atoms. The first-order chi connectivity index (χ1) is 12.9. The molecule has 0 radical (unpaired) electrons. The van der Waals surface area contributed by atoms with Crippen LogP contribution in [-0.4, -0.2) is 40.4 Å². The van der Waals surface area contributed by atoms with Gasteiger partial charge in [0.25, 0.3) is 0 Å². The second-order valence-electron chi connectivity index (χ2n) is 5.91. The lowest BCUT2D eigenvalue weighted by molar-refractivity contribution is -0.143. The van der Waals surface area contributed by atoms with Gasteiger partial charge in [0.2, 0.25) is 11.7 Å². The summed E-state index contributed by atoms with van der Waals surface area (Å²) in [5, 5.41) is 6.21. The van der Waals surface area contributed by atoms with Crippen molar-refractivity contribution < 1.29 is 23.6 Å². The number of benzene rings is 1. The van der Waals surface area contributed by atoms with Gasteiger partial charge in [0.1, 0.15) is 5.76 Å². The topological polar surface area (TPSA) is 98.5 Å². The maximum Gasteiger partial charge on any atom is 0.316 e. The van der Waals surface area contributed by atoms with E-state index in [1.165, 1.54) is 6.92 Å². The Balaban J connectivity index is 1.72. The predicted molar refractivity (Wildman–Crippen MR) is 103 cm³/mol. The van der Waals surface area contributed by atoms with Crippen LogP contribution in [0.1, 0.15) is 35.5 Å². The molecule has 2 rings (SSSR count). The third-order valence-electron chi connectivity index (χ3n) is 3.67. The number of hydrogen-bond acceptors (Lipinski definition) is 7. The molecule has 0 unspecified atom stereocenters. The number of thioether (sulfide) groups is 1. The molecule has 0 aliphatic rings. The number of esters is 1. The van der Waals surface area contributed by atoms with Gasteiger partial charge in [-0.2, -0.15) is 0 Å². The molecule has 0 fully saturated rings. The van der Waals surface area contributed by atoms with E-state index in [2.05, 4.69) is 10.5 Å². The van der Waals surface area contributed by atoms with Gasteiger partial charge in [-0.25, -0.2) is 0 Å². The molecule has 0 saturated heterocycles. The normalized spacial score (nSPS) is 11.7. The minimum atomic E-state index is -0.877. The molecule has 1 aromatic carbocycles. The van der Waals surface area contributed by atoms with Crippen molar-refractivity contribution in [3.63, 3.8) is 0 Å². The van der Waals surface area contributed by atoms with Crippen LogP contribution >= 0.6 is 11.8 Å². The van der Waals surface area contributed by atoms with Gasteiger partial charge >= 0.3 is 5.97 Å². The van der Waals surface area contributed by atoms with Crippen LogP contribution < -0.4 is 5.32 Å². The molecule has 0 spiro atoms. The number of carbonyl (C=O) groups is 3. The van der Waals surface area contributed by atoms with Crippen molar-refractivity contribution in [2.45, 2.75) is 33.3 Å². The predicted octanol–water partition coefficient (Wildman–Crippen LogP) is 3.03. The third-order valence-corrected chi connectivity index (χ3v) is 4.58. The smallest absolute Gasteiger partial charge is 0.316 e. The zero-order chi connectivity index (χ0) is 19.8. The number of ether oxygens (including phenoxy) is 1. The number of rotatable bonds is 9. The zero-order valence-electron chi connectivity index (χ0n) is 15.5. The van der Waals surface area contributed by atoms with E-state index in [0.29, 0.717) is 17.1 Å². The second kappa shape index (κ2) is 9.91. The van der Waals surface area contributed by atoms with Crippen LogP contribution in [0.15, 0.2) is 34.9 Å². The molecule has 1 atom stereocenters. The van der Waals surface area contributed by atoms with Crippen LogP contribution in [0.5, 0.6) is 0 Å². The highest BCUT2D eigenvalue weighted by molar-refractivity contribution is 8.00. The van der Waals surface area contributed by atoms with Gasteiger partial charge in [0, 0.05) is 11.6 Å². The zero-order valence-corrected chi connectivity index (χ0v) is 16.3. The Morgan fingerprint density at radius 2 is 1.93 bits per heavy atom. The van der Waals surface area contributed by atoms with Gasteiger partial charge < -0.3 is 14.6 Å². The summed E-state index contributed by atoms with van der Waals surface area (Å²) in [6.45, 7) is 5.29. The molecule has 0 aliphatic heterocycles. The van der Waals surface area contributed by atoms with E-state index in [1.54, 1.807) is 25.1 Å². The Hall–Kier alpha value is -2.61. The number of Topliss-reactive ketones (excluding diaryl/α,β-unsaturated/α-hetero) is 1. The molecule has 0 aliphatic carbocycles. The Morgan fingerprint density at radius 3 is 2.52 bits per heavy atom. The Kier molecular flexibility index (Phi) is 7.60. The standard InChI is InChI=1S/C19H22N2O5S/c1-4-14-5-7-15(8-6-14)19(24)13(3)25-18(23)11-27-10-17(22)20-16-9-12(2)26-21-16/h5-9,13H,4,10-11H2,1-3H3,(H,20,21,22)/t13-/m1/s1. The largest absolute Gasteiger partial charge is 0.454 e. The minimum Gasteiger partial charge on any atom is -0.454 e. The summed E-state index contributed by atoms with van der Waals surface area (Å²) in [4.78, 5) is 35.9. The molecule has 1 amide bonds. The molecule has 1 N–H and O–H groups in total. The lowest BCUT2D eigenvalue weighted by Gasteiger charge is -2.12. The maximum atomic E-state index is 12.3. The van der Waals surface area contributed by atoms with Crippen molar-refractivity contribution in [3.05, 3.63) is 47.2 Å². The van der Waals surface area contributed by atoms with E-state index in [9.17, 15) is 14.4 Å². The molecule has 1 heterocycles. The summed E-state index contributed by atoms with van der Waals surface area (Å²) < 4.78 is 10.0. The molecule has 8 heteroatoms. The first kappa shape index (κ1) is 20.7. The van der Waals surface area contributed by atoms with E-state index < -0.39 is 12.1 Å². The SMILES string of the molecule is CCc1ccc(C(=O)[C@@H](C)OC(=O)CSCC(=O)Nc2cc(C)on2)cc1. The summed E-state index contributed by atoms with van der Waals surface area (Å²) in [7, 11) is 0. The molecule has 144 valence electrons. The van der Waals surface area contributed by atoms with E-state index in [0.717, 1.165) is 23.7 Å². The fraction of sp³-hybridized carbons (Fsp3) is 0.368. The van der Waals surface area contributed by atoms with Crippen LogP contribution in [-0.2, 0) is 20.7 Å². The minimum absolute atomic E-state index is 0.0301. The third kappa shape index (κ3) is 6.56. The number of aromatic nitrogens is 1. The van der Waals surface area contributed by atoms with E-state index in [4.69, 9.17) is 9.26 Å². The van der Waals surface area contributed by atoms with Crippen molar-refractivity contribution in [1.29, 1.82) is 0 Å². The van der Waals surface area contributed by atoms with Crippen LogP contribution in [0.25, 0.3) is 0 Å². The van der Waals surface area contributed by atoms with Crippen molar-refractivity contribution >= 4 is 35.2 Å². The summed E-state index contributed by atoms with van der Waals surface area (Å²) in [6.07, 6.45) is 0.0117. The Labute approximate surface area is 161 Å². The summed E-state index contributed by atoms with van der Waals surface area (Å²) in [6, 6.07) is 8.82. The summed E-state index contributed by atoms with van der Waals surface area (Å²) >= 11 is 1.09. The van der Waals surface area contributed by atoms with Crippen LogP contribution in [0, 0.1) is 6.92 Å². The van der Waals surface area contributed by atoms with Crippen molar-refractivity contribution in [2.24, 2.45) is 0 Å². The molecule has 2 aromatic rings. The van der Waals surface area contributed by atoms with Gasteiger partial charge in [0.05, 0.1) is 11.5 Å². The van der Waals surface area contributed by atoms with E-state index in [1.807, 2.05) is 19.1 Å². The molecular weight excluding hydrogens is 368 g/mol. The number of hydrogen-bond donors (Lipinski definition) is 1. The van der Waals surface area contributed by atoms with Gasteiger partial charge in [-0.15, -0.1) is 11.8 Å². The van der Waals surface area contributed by atoms with E-state index in [-0.39, 0.29) is 23.2 Å². The number of aryl methyl sites for hydroxylation is 2. The van der Waals surface area contributed by atoms with Gasteiger partial charge in [-0.3, -0.25) is 14.4 Å². The number of nitrogens with one attached hydrogen (secondary N) is 1. The fourth-order valence-electron chi connectivity index (χ4n) is 2.26. The maximum absolute atomic E-state index is 12.3. The number of amides is 1. The van der Waals surface area contributed by atoms with Crippen molar-refractivity contribution in [3.8, 4) is 0 Å². The summed E-state index contributed by atoms with van der Waals surface area (Å²) in [5.74, 6) is -0.162. The molecule has 7 nitrogen and oxygen atoms in total. The van der Waals surface area contributed by atoms with Crippen LogP contribution in [0.3, 0.4) is 0 Å². The fourth-order valence-corrected chi connectivity index (χ4v) is 2.85. The molecule has 1 aromatic heterocycles. The van der Waals surface area contributed by atoms with Crippen molar-refractivity contribution in [1.82, 2.24) is 5.16 Å². The Bertz CT molecular complexity index is 801.